The quantitative estimate of drug-likeness (QED) is 0.908. The summed E-state index contributed by atoms with van der Waals surface area (Å²) >= 11 is 3.19. The first-order chi connectivity index (χ1) is 8.13. The second-order valence-corrected chi connectivity index (χ2v) is 4.49. The standard InChI is InChI=1S/C11H11BrFN3O/c12-7-1-2-10(8(13)3-7)16-6-15-4-11(16)9(14)5-17/h1-4,6,9,17H,5,14H2. The van der Waals surface area contributed by atoms with Crippen molar-refractivity contribution < 1.29 is 9.50 Å². The van der Waals surface area contributed by atoms with E-state index in [1.165, 1.54) is 23.2 Å². The van der Waals surface area contributed by atoms with Crippen LogP contribution in [0.25, 0.3) is 5.69 Å². The van der Waals surface area contributed by atoms with Crippen molar-refractivity contribution in [1.29, 1.82) is 0 Å². The highest BCUT2D eigenvalue weighted by molar-refractivity contribution is 9.10. The van der Waals surface area contributed by atoms with E-state index < -0.39 is 6.04 Å². The Kier molecular flexibility index (Phi) is 3.56. The summed E-state index contributed by atoms with van der Waals surface area (Å²) in [5.74, 6) is -0.385. The Morgan fingerprint density at radius 3 is 2.94 bits per heavy atom. The first-order valence-corrected chi connectivity index (χ1v) is 5.77. The number of nitrogens with zero attached hydrogens (tertiary/aromatic N) is 2. The average Bonchev–Trinajstić information content (AvgIpc) is 2.77. The van der Waals surface area contributed by atoms with Crippen LogP contribution in [-0.4, -0.2) is 21.3 Å². The second-order valence-electron chi connectivity index (χ2n) is 3.57. The lowest BCUT2D eigenvalue weighted by Gasteiger charge is -2.13. The van der Waals surface area contributed by atoms with Crippen LogP contribution in [0.4, 0.5) is 4.39 Å². The highest BCUT2D eigenvalue weighted by Gasteiger charge is 2.14. The van der Waals surface area contributed by atoms with E-state index in [4.69, 9.17) is 10.8 Å². The van der Waals surface area contributed by atoms with Gasteiger partial charge in [0.05, 0.1) is 36.6 Å². The lowest BCUT2D eigenvalue weighted by Crippen LogP contribution is -2.18. The van der Waals surface area contributed by atoms with Gasteiger partial charge in [-0.05, 0) is 18.2 Å². The Balaban J connectivity index is 2.50. The second kappa shape index (κ2) is 4.95. The molecule has 0 spiro atoms. The van der Waals surface area contributed by atoms with Crippen molar-refractivity contribution in [3.8, 4) is 5.69 Å². The molecule has 0 saturated carbocycles. The van der Waals surface area contributed by atoms with Crippen LogP contribution >= 0.6 is 15.9 Å². The summed E-state index contributed by atoms with van der Waals surface area (Å²) in [6.07, 6.45) is 2.99. The van der Waals surface area contributed by atoms with E-state index in [0.29, 0.717) is 15.9 Å². The van der Waals surface area contributed by atoms with Crippen LogP contribution < -0.4 is 5.73 Å². The maximum Gasteiger partial charge on any atom is 0.148 e. The average molecular weight is 300 g/mol. The number of aromatic nitrogens is 2. The Morgan fingerprint density at radius 1 is 1.53 bits per heavy atom. The SMILES string of the molecule is NC(CO)c1cncn1-c1ccc(Br)cc1F. The number of hydrogen-bond donors (Lipinski definition) is 2. The number of imidazole rings is 1. The molecule has 1 aromatic heterocycles. The molecule has 2 rings (SSSR count). The summed E-state index contributed by atoms with van der Waals surface area (Å²) in [5, 5.41) is 9.02. The zero-order valence-electron chi connectivity index (χ0n) is 8.85. The van der Waals surface area contributed by atoms with E-state index in [2.05, 4.69) is 20.9 Å². The van der Waals surface area contributed by atoms with Gasteiger partial charge in [0.2, 0.25) is 0 Å². The molecule has 6 heteroatoms. The molecular weight excluding hydrogens is 289 g/mol. The predicted octanol–water partition coefficient (Wildman–Crippen LogP) is 1.77. The third-order valence-corrected chi connectivity index (χ3v) is 2.91. The fourth-order valence-corrected chi connectivity index (χ4v) is 1.88. The number of benzene rings is 1. The molecule has 4 nitrogen and oxygen atoms in total. The van der Waals surface area contributed by atoms with E-state index in [1.54, 1.807) is 12.1 Å². The van der Waals surface area contributed by atoms with Gasteiger partial charge in [-0.1, -0.05) is 15.9 Å². The Hall–Kier alpha value is -1.24. The zero-order chi connectivity index (χ0) is 12.4. The molecule has 1 atom stereocenters. The maximum atomic E-state index is 13.8. The molecule has 17 heavy (non-hydrogen) atoms. The number of nitrogens with two attached hydrogens (primary N) is 1. The molecule has 90 valence electrons. The van der Waals surface area contributed by atoms with E-state index >= 15 is 0 Å². The molecule has 0 radical (unpaired) electrons. The molecule has 0 saturated heterocycles. The number of rotatable bonds is 3. The summed E-state index contributed by atoms with van der Waals surface area (Å²) in [7, 11) is 0. The van der Waals surface area contributed by atoms with Gasteiger partial charge in [-0.2, -0.15) is 0 Å². The van der Waals surface area contributed by atoms with E-state index in [0.717, 1.165) is 0 Å². The summed E-state index contributed by atoms with van der Waals surface area (Å²) in [4.78, 5) is 3.92. The molecule has 0 fully saturated rings. The minimum atomic E-state index is -0.583. The van der Waals surface area contributed by atoms with Gasteiger partial charge >= 0.3 is 0 Å². The van der Waals surface area contributed by atoms with Crippen molar-refractivity contribution in [1.82, 2.24) is 9.55 Å². The van der Waals surface area contributed by atoms with Crippen LogP contribution in [0.15, 0.2) is 35.2 Å². The largest absolute Gasteiger partial charge is 0.394 e. The highest BCUT2D eigenvalue weighted by Crippen LogP contribution is 2.21. The minimum absolute atomic E-state index is 0.218. The zero-order valence-corrected chi connectivity index (χ0v) is 10.4. The molecule has 1 unspecified atom stereocenters. The molecule has 0 aliphatic carbocycles. The van der Waals surface area contributed by atoms with Gasteiger partial charge < -0.3 is 10.8 Å². The van der Waals surface area contributed by atoms with Crippen LogP contribution in [-0.2, 0) is 0 Å². The summed E-state index contributed by atoms with van der Waals surface area (Å²) in [5.41, 5.74) is 6.63. The van der Waals surface area contributed by atoms with Gasteiger partial charge in [-0.25, -0.2) is 9.37 Å². The Labute approximate surface area is 106 Å². The monoisotopic (exact) mass is 299 g/mol. The van der Waals surface area contributed by atoms with E-state index in [-0.39, 0.29) is 12.4 Å². The Morgan fingerprint density at radius 2 is 2.29 bits per heavy atom. The van der Waals surface area contributed by atoms with Crippen molar-refractivity contribution >= 4 is 15.9 Å². The smallest absolute Gasteiger partial charge is 0.148 e. The number of aliphatic hydroxyl groups excluding tert-OH is 1. The first kappa shape index (κ1) is 12.2. The van der Waals surface area contributed by atoms with Gasteiger partial charge in [0.15, 0.2) is 0 Å². The van der Waals surface area contributed by atoms with Gasteiger partial charge in [-0.15, -0.1) is 0 Å². The van der Waals surface area contributed by atoms with E-state index in [9.17, 15) is 4.39 Å². The van der Waals surface area contributed by atoms with Crippen LogP contribution in [0.5, 0.6) is 0 Å². The fourth-order valence-electron chi connectivity index (χ4n) is 1.55. The Bertz CT molecular complexity index is 529. The maximum absolute atomic E-state index is 13.8. The number of halogens is 2. The topological polar surface area (TPSA) is 64.1 Å². The molecule has 0 aliphatic heterocycles. The van der Waals surface area contributed by atoms with Crippen LogP contribution in [0.3, 0.4) is 0 Å². The van der Waals surface area contributed by atoms with Crippen molar-refractivity contribution in [2.24, 2.45) is 5.73 Å². The van der Waals surface area contributed by atoms with Crippen LogP contribution in [0, 0.1) is 5.82 Å². The summed E-state index contributed by atoms with van der Waals surface area (Å²) < 4.78 is 16.0. The molecule has 1 aromatic carbocycles. The predicted molar refractivity (Wildman–Crippen MR) is 65.2 cm³/mol. The highest BCUT2D eigenvalue weighted by atomic mass is 79.9. The number of hydrogen-bond acceptors (Lipinski definition) is 3. The van der Waals surface area contributed by atoms with Gasteiger partial charge in [0.1, 0.15) is 5.82 Å². The molecule has 1 heterocycles. The fraction of sp³-hybridized carbons (Fsp3) is 0.182. The molecule has 2 aromatic rings. The van der Waals surface area contributed by atoms with Gasteiger partial charge in [0.25, 0.3) is 0 Å². The van der Waals surface area contributed by atoms with Crippen molar-refractivity contribution in [2.75, 3.05) is 6.61 Å². The molecular formula is C11H11BrFN3O. The van der Waals surface area contributed by atoms with Crippen molar-refractivity contribution in [2.45, 2.75) is 6.04 Å². The van der Waals surface area contributed by atoms with Crippen LogP contribution in [0.1, 0.15) is 11.7 Å². The van der Waals surface area contributed by atoms with Crippen molar-refractivity contribution in [3.63, 3.8) is 0 Å². The third kappa shape index (κ3) is 2.38. The first-order valence-electron chi connectivity index (χ1n) is 4.97. The normalized spacial score (nSPS) is 12.7. The van der Waals surface area contributed by atoms with Crippen molar-refractivity contribution in [3.05, 3.63) is 46.7 Å². The van der Waals surface area contributed by atoms with Crippen LogP contribution in [0.2, 0.25) is 0 Å². The van der Waals surface area contributed by atoms with E-state index in [1.807, 2.05) is 0 Å². The molecule has 0 amide bonds. The summed E-state index contributed by atoms with van der Waals surface area (Å²) in [6, 6.07) is 4.13. The summed E-state index contributed by atoms with van der Waals surface area (Å²) in [6.45, 7) is -0.218. The lowest BCUT2D eigenvalue weighted by molar-refractivity contribution is 0.265. The lowest BCUT2D eigenvalue weighted by atomic mass is 10.2. The van der Waals surface area contributed by atoms with Gasteiger partial charge in [-0.3, -0.25) is 4.57 Å². The minimum Gasteiger partial charge on any atom is -0.394 e. The van der Waals surface area contributed by atoms with Gasteiger partial charge in [0, 0.05) is 4.47 Å². The molecule has 3 N–H and O–H groups in total. The third-order valence-electron chi connectivity index (χ3n) is 2.41. The number of aliphatic hydroxyl groups is 1. The molecule has 0 aliphatic rings. The molecule has 0 bridgehead atoms.